The van der Waals surface area contributed by atoms with Gasteiger partial charge in [0.1, 0.15) is 6.61 Å². The van der Waals surface area contributed by atoms with Crippen LogP contribution in [0.15, 0.2) is 12.7 Å². The highest BCUT2D eigenvalue weighted by atomic mass is 16.6. The Hall–Kier alpha value is -1.36. The minimum atomic E-state index is -0.753. The average Bonchev–Trinajstić information content (AvgIpc) is 2.65. The smallest absolute Gasteiger partial charge is 0.306 e. The summed E-state index contributed by atoms with van der Waals surface area (Å²) in [6.07, 6.45) is 12.4. The molecule has 160 valence electrons. The van der Waals surface area contributed by atoms with Gasteiger partial charge in [-0.1, -0.05) is 71.3 Å². The molecule has 0 saturated carbocycles. The third-order valence-electron chi connectivity index (χ3n) is 3.90. The highest BCUT2D eigenvalue weighted by molar-refractivity contribution is 5.70. The summed E-state index contributed by atoms with van der Waals surface area (Å²) in [6, 6.07) is 0. The zero-order chi connectivity index (χ0) is 20.8. The molecule has 0 aromatic heterocycles. The van der Waals surface area contributed by atoms with Crippen LogP contribution in [0, 0.1) is 0 Å². The lowest BCUT2D eigenvalue weighted by Crippen LogP contribution is -2.28. The maximum Gasteiger partial charge on any atom is 0.306 e. The van der Waals surface area contributed by atoms with E-state index in [1.807, 2.05) is 6.92 Å². The van der Waals surface area contributed by atoms with Crippen molar-refractivity contribution in [1.29, 1.82) is 0 Å². The molecular weight excluding hydrogens is 344 g/mol. The maximum atomic E-state index is 11.7. The SMILES string of the molecule is C=CC.CCCCCCCC(=O)OCC(CO)OC(=O)CCCCCCC. The fourth-order valence-electron chi connectivity index (χ4n) is 2.37. The van der Waals surface area contributed by atoms with E-state index in [-0.39, 0.29) is 25.2 Å². The molecule has 0 amide bonds. The molecule has 0 bridgehead atoms. The first-order valence-electron chi connectivity index (χ1n) is 10.6. The molecular formula is C22H42O5. The average molecular weight is 387 g/mol. The molecule has 0 aliphatic rings. The second-order valence-corrected chi connectivity index (χ2v) is 6.71. The Bertz CT molecular complexity index is 355. The van der Waals surface area contributed by atoms with Crippen molar-refractivity contribution in [3.05, 3.63) is 12.7 Å². The molecule has 0 radical (unpaired) electrons. The molecule has 0 aromatic rings. The maximum absolute atomic E-state index is 11.7. The van der Waals surface area contributed by atoms with Crippen molar-refractivity contribution in [3.63, 3.8) is 0 Å². The number of esters is 2. The van der Waals surface area contributed by atoms with Crippen LogP contribution in [0.3, 0.4) is 0 Å². The number of aliphatic hydroxyl groups excluding tert-OH is 1. The molecule has 0 aliphatic carbocycles. The van der Waals surface area contributed by atoms with Crippen molar-refractivity contribution in [2.45, 2.75) is 104 Å². The van der Waals surface area contributed by atoms with Crippen LogP contribution in [-0.2, 0) is 19.1 Å². The predicted molar refractivity (Wildman–Crippen MR) is 111 cm³/mol. The Morgan fingerprint density at radius 1 is 0.889 bits per heavy atom. The van der Waals surface area contributed by atoms with Crippen LogP contribution in [-0.4, -0.2) is 36.4 Å². The van der Waals surface area contributed by atoms with Crippen LogP contribution in [0.5, 0.6) is 0 Å². The van der Waals surface area contributed by atoms with Gasteiger partial charge in [-0.2, -0.15) is 0 Å². The zero-order valence-corrected chi connectivity index (χ0v) is 17.8. The Morgan fingerprint density at radius 3 is 1.78 bits per heavy atom. The van der Waals surface area contributed by atoms with Gasteiger partial charge in [0.25, 0.3) is 0 Å². The molecule has 0 heterocycles. The molecule has 0 saturated heterocycles. The molecule has 27 heavy (non-hydrogen) atoms. The summed E-state index contributed by atoms with van der Waals surface area (Å²) in [7, 11) is 0. The minimum Gasteiger partial charge on any atom is -0.462 e. The number of allylic oxidation sites excluding steroid dienone is 1. The lowest BCUT2D eigenvalue weighted by atomic mass is 10.1. The van der Waals surface area contributed by atoms with E-state index >= 15 is 0 Å². The van der Waals surface area contributed by atoms with E-state index in [4.69, 9.17) is 9.47 Å². The van der Waals surface area contributed by atoms with Crippen LogP contribution in [0.25, 0.3) is 0 Å². The highest BCUT2D eigenvalue weighted by Gasteiger charge is 2.15. The lowest BCUT2D eigenvalue weighted by Gasteiger charge is -2.15. The number of carbonyl (C=O) groups excluding carboxylic acids is 2. The third-order valence-corrected chi connectivity index (χ3v) is 3.90. The Labute approximate surface area is 166 Å². The van der Waals surface area contributed by atoms with Crippen molar-refractivity contribution in [3.8, 4) is 0 Å². The van der Waals surface area contributed by atoms with Gasteiger partial charge in [-0.3, -0.25) is 9.59 Å². The van der Waals surface area contributed by atoms with E-state index in [0.717, 1.165) is 38.5 Å². The largest absolute Gasteiger partial charge is 0.462 e. The number of rotatable bonds is 16. The van der Waals surface area contributed by atoms with Gasteiger partial charge in [0.15, 0.2) is 6.10 Å². The van der Waals surface area contributed by atoms with Gasteiger partial charge in [0.05, 0.1) is 6.61 Å². The van der Waals surface area contributed by atoms with Crippen LogP contribution < -0.4 is 0 Å². The van der Waals surface area contributed by atoms with Gasteiger partial charge >= 0.3 is 11.9 Å². The Balaban J connectivity index is 0. The Morgan fingerprint density at radius 2 is 1.33 bits per heavy atom. The number of hydrogen-bond donors (Lipinski definition) is 1. The van der Waals surface area contributed by atoms with Gasteiger partial charge in [0, 0.05) is 12.8 Å². The van der Waals surface area contributed by atoms with Gasteiger partial charge in [-0.15, -0.1) is 6.58 Å². The number of ether oxygens (including phenoxy) is 2. The van der Waals surface area contributed by atoms with Crippen LogP contribution in [0.1, 0.15) is 97.8 Å². The molecule has 0 rings (SSSR count). The first kappa shape index (κ1) is 27.9. The van der Waals surface area contributed by atoms with Gasteiger partial charge < -0.3 is 14.6 Å². The monoisotopic (exact) mass is 386 g/mol. The molecule has 1 atom stereocenters. The van der Waals surface area contributed by atoms with Gasteiger partial charge in [0.2, 0.25) is 0 Å². The fraction of sp³-hybridized carbons (Fsp3) is 0.818. The lowest BCUT2D eigenvalue weighted by molar-refractivity contribution is -0.161. The van der Waals surface area contributed by atoms with Crippen molar-refractivity contribution in [2.75, 3.05) is 13.2 Å². The molecule has 5 nitrogen and oxygen atoms in total. The second kappa shape index (κ2) is 22.7. The number of hydrogen-bond acceptors (Lipinski definition) is 5. The Kier molecular flexibility index (Phi) is 23.4. The summed E-state index contributed by atoms with van der Waals surface area (Å²) in [5, 5.41) is 9.23. The van der Waals surface area contributed by atoms with E-state index in [2.05, 4.69) is 20.4 Å². The van der Waals surface area contributed by atoms with Crippen LogP contribution in [0.2, 0.25) is 0 Å². The summed E-state index contributed by atoms with van der Waals surface area (Å²) in [6.45, 7) is 9.15. The van der Waals surface area contributed by atoms with Gasteiger partial charge in [-0.25, -0.2) is 0 Å². The van der Waals surface area contributed by atoms with E-state index in [0.29, 0.717) is 12.8 Å². The standard InChI is InChI=1S/C19H36O5.C3H6/c1-3-5-7-9-11-13-18(21)23-16-17(15-20)24-19(22)14-12-10-8-6-4-2;1-3-2/h17,20H,3-16H2,1-2H3;3H,1H2,2H3. The normalized spacial score (nSPS) is 11.1. The predicted octanol–water partition coefficient (Wildman–Crippen LogP) is 5.35. The van der Waals surface area contributed by atoms with Crippen molar-refractivity contribution < 1.29 is 24.2 Å². The quantitative estimate of drug-likeness (QED) is 0.220. The van der Waals surface area contributed by atoms with Crippen molar-refractivity contribution >= 4 is 11.9 Å². The molecule has 0 aliphatic heterocycles. The minimum absolute atomic E-state index is 0.0636. The van der Waals surface area contributed by atoms with E-state index < -0.39 is 6.10 Å². The van der Waals surface area contributed by atoms with E-state index in [1.54, 1.807) is 6.08 Å². The first-order valence-corrected chi connectivity index (χ1v) is 10.6. The summed E-state index contributed by atoms with van der Waals surface area (Å²) >= 11 is 0. The summed E-state index contributed by atoms with van der Waals surface area (Å²) in [4.78, 5) is 23.3. The molecule has 1 unspecified atom stereocenters. The summed E-state index contributed by atoms with van der Waals surface area (Å²) in [5.74, 6) is -0.623. The molecule has 1 N–H and O–H groups in total. The molecule has 5 heteroatoms. The van der Waals surface area contributed by atoms with E-state index in [1.165, 1.54) is 25.7 Å². The number of aliphatic hydroxyl groups is 1. The topological polar surface area (TPSA) is 72.8 Å². The zero-order valence-electron chi connectivity index (χ0n) is 17.8. The molecule has 0 aromatic carbocycles. The summed E-state index contributed by atoms with van der Waals surface area (Å²) in [5.41, 5.74) is 0. The summed E-state index contributed by atoms with van der Waals surface area (Å²) < 4.78 is 10.2. The fourth-order valence-corrected chi connectivity index (χ4v) is 2.37. The third kappa shape index (κ3) is 22.6. The van der Waals surface area contributed by atoms with Crippen molar-refractivity contribution in [2.24, 2.45) is 0 Å². The number of unbranched alkanes of at least 4 members (excludes halogenated alkanes) is 8. The van der Waals surface area contributed by atoms with Crippen molar-refractivity contribution in [1.82, 2.24) is 0 Å². The van der Waals surface area contributed by atoms with E-state index in [9.17, 15) is 14.7 Å². The molecule has 0 fully saturated rings. The van der Waals surface area contributed by atoms with Crippen LogP contribution in [0.4, 0.5) is 0 Å². The molecule has 0 spiro atoms. The van der Waals surface area contributed by atoms with Crippen LogP contribution >= 0.6 is 0 Å². The highest BCUT2D eigenvalue weighted by Crippen LogP contribution is 2.08. The second-order valence-electron chi connectivity index (χ2n) is 6.71. The first-order chi connectivity index (χ1) is 13.0. The number of carbonyl (C=O) groups is 2. The van der Waals surface area contributed by atoms with Gasteiger partial charge in [-0.05, 0) is 19.8 Å².